The van der Waals surface area contributed by atoms with E-state index in [0.29, 0.717) is 28.7 Å². The van der Waals surface area contributed by atoms with Crippen molar-refractivity contribution in [1.82, 2.24) is 10.4 Å². The van der Waals surface area contributed by atoms with Crippen LogP contribution in [0.4, 0.5) is 5.13 Å². The van der Waals surface area contributed by atoms with Crippen molar-refractivity contribution in [3.63, 3.8) is 0 Å². The topological polar surface area (TPSA) is 80.3 Å². The number of hydrazine groups is 1. The predicted octanol–water partition coefficient (Wildman–Crippen LogP) is 3.27. The van der Waals surface area contributed by atoms with Crippen molar-refractivity contribution in [3.8, 4) is 0 Å². The number of esters is 1. The SMILES string of the molecule is CCOC(=O)c1sc(NNC(=O)C(CC)c2ccccc2)nc1C. The minimum Gasteiger partial charge on any atom is -0.462 e. The minimum atomic E-state index is -0.400. The molecule has 0 spiro atoms. The van der Waals surface area contributed by atoms with Gasteiger partial charge in [0.1, 0.15) is 4.88 Å². The largest absolute Gasteiger partial charge is 0.462 e. The Balaban J connectivity index is 2.01. The standard InChI is InChI=1S/C17H21N3O3S/c1-4-13(12-9-7-6-8-10-12)15(21)19-20-17-18-11(3)14(24-17)16(22)23-5-2/h6-10,13H,4-5H2,1-3H3,(H,18,20)(H,19,21). The third kappa shape index (κ3) is 4.32. The maximum absolute atomic E-state index is 12.4. The van der Waals surface area contributed by atoms with Crippen LogP contribution in [0, 0.1) is 6.92 Å². The van der Waals surface area contributed by atoms with E-state index in [1.807, 2.05) is 37.3 Å². The van der Waals surface area contributed by atoms with E-state index in [0.717, 1.165) is 16.9 Å². The molecule has 1 aromatic carbocycles. The number of benzene rings is 1. The molecule has 2 aromatic rings. The average molecular weight is 347 g/mol. The second kappa shape index (κ2) is 8.44. The van der Waals surface area contributed by atoms with E-state index in [4.69, 9.17) is 4.74 Å². The summed E-state index contributed by atoms with van der Waals surface area (Å²) in [6, 6.07) is 9.60. The summed E-state index contributed by atoms with van der Waals surface area (Å²) in [6.45, 7) is 5.76. The van der Waals surface area contributed by atoms with E-state index in [1.165, 1.54) is 0 Å². The van der Waals surface area contributed by atoms with Gasteiger partial charge in [0, 0.05) is 0 Å². The quantitative estimate of drug-likeness (QED) is 0.593. The van der Waals surface area contributed by atoms with E-state index < -0.39 is 5.97 Å². The maximum Gasteiger partial charge on any atom is 0.350 e. The molecule has 0 aliphatic carbocycles. The number of nitrogens with zero attached hydrogens (tertiary/aromatic N) is 1. The van der Waals surface area contributed by atoms with Crippen LogP contribution >= 0.6 is 11.3 Å². The molecule has 0 radical (unpaired) electrons. The highest BCUT2D eigenvalue weighted by Gasteiger charge is 2.20. The van der Waals surface area contributed by atoms with Crippen molar-refractivity contribution in [3.05, 3.63) is 46.5 Å². The minimum absolute atomic E-state index is 0.144. The summed E-state index contributed by atoms with van der Waals surface area (Å²) in [5.74, 6) is -0.791. The highest BCUT2D eigenvalue weighted by molar-refractivity contribution is 7.17. The molecule has 6 nitrogen and oxygen atoms in total. The summed E-state index contributed by atoms with van der Waals surface area (Å²) < 4.78 is 4.98. The van der Waals surface area contributed by atoms with Gasteiger partial charge in [-0.15, -0.1) is 0 Å². The number of rotatable bonds is 7. The highest BCUT2D eigenvalue weighted by Crippen LogP contribution is 2.23. The van der Waals surface area contributed by atoms with Gasteiger partial charge in [0.15, 0.2) is 0 Å². The molecule has 0 aliphatic heterocycles. The molecule has 0 aliphatic rings. The molecule has 1 amide bonds. The van der Waals surface area contributed by atoms with E-state index in [1.54, 1.807) is 13.8 Å². The number of carbonyl (C=O) groups is 2. The second-order valence-electron chi connectivity index (χ2n) is 5.14. The Morgan fingerprint density at radius 3 is 2.58 bits per heavy atom. The molecule has 1 heterocycles. The Kier molecular flexibility index (Phi) is 6.31. The van der Waals surface area contributed by atoms with Crippen LogP contribution in [0.1, 0.15) is 47.1 Å². The number of amides is 1. The molecule has 0 saturated heterocycles. The first-order chi connectivity index (χ1) is 11.6. The molecule has 1 aromatic heterocycles. The zero-order chi connectivity index (χ0) is 17.5. The molecule has 1 atom stereocenters. The van der Waals surface area contributed by atoms with Crippen molar-refractivity contribution < 1.29 is 14.3 Å². The zero-order valence-corrected chi connectivity index (χ0v) is 14.8. The lowest BCUT2D eigenvalue weighted by Gasteiger charge is -2.15. The monoisotopic (exact) mass is 347 g/mol. The molecule has 0 fully saturated rings. The lowest BCUT2D eigenvalue weighted by Crippen LogP contribution is -2.33. The number of hydrogen-bond acceptors (Lipinski definition) is 6. The number of anilines is 1. The van der Waals surface area contributed by atoms with Crippen LogP contribution < -0.4 is 10.9 Å². The van der Waals surface area contributed by atoms with E-state index in [-0.39, 0.29) is 11.8 Å². The normalized spacial score (nSPS) is 11.6. The van der Waals surface area contributed by atoms with E-state index in [2.05, 4.69) is 15.8 Å². The summed E-state index contributed by atoms with van der Waals surface area (Å²) in [5.41, 5.74) is 6.99. The van der Waals surface area contributed by atoms with Gasteiger partial charge in [-0.2, -0.15) is 0 Å². The molecule has 1 unspecified atom stereocenters. The van der Waals surface area contributed by atoms with Crippen LogP contribution in [-0.2, 0) is 9.53 Å². The van der Waals surface area contributed by atoms with Crippen LogP contribution in [0.2, 0.25) is 0 Å². The van der Waals surface area contributed by atoms with Crippen molar-refractivity contribution in [2.45, 2.75) is 33.1 Å². The fourth-order valence-electron chi connectivity index (χ4n) is 2.30. The summed E-state index contributed by atoms with van der Waals surface area (Å²) in [4.78, 5) is 28.8. The smallest absolute Gasteiger partial charge is 0.350 e. The van der Waals surface area contributed by atoms with Crippen molar-refractivity contribution >= 4 is 28.3 Å². The number of aryl methyl sites for hydroxylation is 1. The van der Waals surface area contributed by atoms with Crippen molar-refractivity contribution in [2.24, 2.45) is 0 Å². The van der Waals surface area contributed by atoms with Crippen molar-refractivity contribution in [2.75, 3.05) is 12.0 Å². The number of nitrogens with one attached hydrogen (secondary N) is 2. The number of aromatic nitrogens is 1. The summed E-state index contributed by atoms with van der Waals surface area (Å²) in [5, 5.41) is 0.451. The fourth-order valence-corrected chi connectivity index (χ4v) is 3.11. The molecule has 0 saturated carbocycles. The molecule has 2 N–H and O–H groups in total. The molecular weight excluding hydrogens is 326 g/mol. The molecule has 7 heteroatoms. The van der Waals surface area contributed by atoms with Crippen LogP contribution in [0.25, 0.3) is 0 Å². The Morgan fingerprint density at radius 2 is 1.96 bits per heavy atom. The molecule has 128 valence electrons. The molecule has 2 rings (SSSR count). The van der Waals surface area contributed by atoms with Gasteiger partial charge in [0.05, 0.1) is 18.2 Å². The van der Waals surface area contributed by atoms with Gasteiger partial charge in [0.25, 0.3) is 0 Å². The predicted molar refractivity (Wildman–Crippen MR) is 94.0 cm³/mol. The first-order valence-corrected chi connectivity index (χ1v) is 8.63. The number of thiazole rings is 1. The van der Waals surface area contributed by atoms with Crippen LogP contribution in [0.5, 0.6) is 0 Å². The average Bonchev–Trinajstić information content (AvgIpc) is 2.96. The van der Waals surface area contributed by atoms with Gasteiger partial charge in [-0.05, 0) is 25.8 Å². The third-order valence-electron chi connectivity index (χ3n) is 3.48. The number of ether oxygens (including phenoxy) is 1. The lowest BCUT2D eigenvalue weighted by atomic mass is 9.96. The molecule has 24 heavy (non-hydrogen) atoms. The van der Waals surface area contributed by atoms with E-state index in [9.17, 15) is 9.59 Å². The van der Waals surface area contributed by atoms with Crippen LogP contribution in [-0.4, -0.2) is 23.5 Å². The van der Waals surface area contributed by atoms with Crippen LogP contribution in [0.3, 0.4) is 0 Å². The van der Waals surface area contributed by atoms with Gasteiger partial charge in [0.2, 0.25) is 11.0 Å². The first-order valence-electron chi connectivity index (χ1n) is 7.82. The number of hydrogen-bond donors (Lipinski definition) is 2. The van der Waals surface area contributed by atoms with Gasteiger partial charge in [-0.3, -0.25) is 15.6 Å². The van der Waals surface area contributed by atoms with Crippen LogP contribution in [0.15, 0.2) is 30.3 Å². The second-order valence-corrected chi connectivity index (χ2v) is 6.14. The zero-order valence-electron chi connectivity index (χ0n) is 14.0. The first kappa shape index (κ1) is 17.9. The Bertz CT molecular complexity index is 700. The maximum atomic E-state index is 12.4. The summed E-state index contributed by atoms with van der Waals surface area (Å²) in [7, 11) is 0. The Labute approximate surface area is 145 Å². The van der Waals surface area contributed by atoms with Gasteiger partial charge < -0.3 is 4.74 Å². The third-order valence-corrected chi connectivity index (χ3v) is 4.53. The summed E-state index contributed by atoms with van der Waals surface area (Å²) >= 11 is 1.15. The molecular formula is C17H21N3O3S. The van der Waals surface area contributed by atoms with Gasteiger partial charge in [-0.1, -0.05) is 48.6 Å². The van der Waals surface area contributed by atoms with Gasteiger partial charge >= 0.3 is 5.97 Å². The highest BCUT2D eigenvalue weighted by atomic mass is 32.1. The van der Waals surface area contributed by atoms with Gasteiger partial charge in [-0.25, -0.2) is 9.78 Å². The van der Waals surface area contributed by atoms with Crippen molar-refractivity contribution in [1.29, 1.82) is 0 Å². The summed E-state index contributed by atoms with van der Waals surface area (Å²) in [6.07, 6.45) is 0.683. The Morgan fingerprint density at radius 1 is 1.25 bits per heavy atom. The Hall–Kier alpha value is -2.41. The molecule has 0 bridgehead atoms. The fraction of sp³-hybridized carbons (Fsp3) is 0.353. The number of carbonyl (C=O) groups excluding carboxylic acids is 2. The van der Waals surface area contributed by atoms with E-state index >= 15 is 0 Å². The lowest BCUT2D eigenvalue weighted by molar-refractivity contribution is -0.122.